The molecule has 5 nitrogen and oxygen atoms in total. The first-order chi connectivity index (χ1) is 12.0. The van der Waals surface area contributed by atoms with Crippen LogP contribution in [-0.4, -0.2) is 21.1 Å². The van der Waals surface area contributed by atoms with Crippen molar-refractivity contribution in [3.63, 3.8) is 0 Å². The molecule has 0 saturated carbocycles. The highest BCUT2D eigenvalue weighted by Gasteiger charge is 2.09. The van der Waals surface area contributed by atoms with Crippen molar-refractivity contribution >= 4 is 23.4 Å². The summed E-state index contributed by atoms with van der Waals surface area (Å²) in [6, 6.07) is 13.0. The SMILES string of the molecule is Cc1ccccc1SCC(=O)OCc1cc(=O)n2cccc(C)c2n1. The fraction of sp³-hybridized carbons (Fsp3) is 0.211. The van der Waals surface area contributed by atoms with E-state index in [-0.39, 0.29) is 23.9 Å². The lowest BCUT2D eigenvalue weighted by Crippen LogP contribution is -2.17. The van der Waals surface area contributed by atoms with Gasteiger partial charge in [0, 0.05) is 17.2 Å². The number of ether oxygens (including phenoxy) is 1. The van der Waals surface area contributed by atoms with Crippen molar-refractivity contribution in [3.05, 3.63) is 75.8 Å². The van der Waals surface area contributed by atoms with Crippen LogP contribution in [0.5, 0.6) is 0 Å². The van der Waals surface area contributed by atoms with Gasteiger partial charge in [-0.15, -0.1) is 11.8 Å². The summed E-state index contributed by atoms with van der Waals surface area (Å²) in [6.45, 7) is 3.88. The maximum absolute atomic E-state index is 12.1. The number of hydrogen-bond donors (Lipinski definition) is 0. The Bertz CT molecular complexity index is 982. The van der Waals surface area contributed by atoms with Crippen molar-refractivity contribution in [3.8, 4) is 0 Å². The van der Waals surface area contributed by atoms with Crippen LogP contribution >= 0.6 is 11.8 Å². The lowest BCUT2D eigenvalue weighted by Gasteiger charge is -2.08. The zero-order valence-electron chi connectivity index (χ0n) is 14.1. The van der Waals surface area contributed by atoms with Crippen molar-refractivity contribution in [2.24, 2.45) is 0 Å². The standard InChI is InChI=1S/C19H18N2O3S/c1-13-6-3-4-8-16(13)25-12-18(23)24-11-15-10-17(22)21-9-5-7-14(2)19(21)20-15/h3-10H,11-12H2,1-2H3. The Hall–Kier alpha value is -2.60. The number of benzene rings is 1. The maximum Gasteiger partial charge on any atom is 0.316 e. The molecule has 0 aliphatic carbocycles. The second-order valence-electron chi connectivity index (χ2n) is 5.69. The number of esters is 1. The van der Waals surface area contributed by atoms with Gasteiger partial charge in [-0.05, 0) is 37.1 Å². The van der Waals surface area contributed by atoms with Crippen molar-refractivity contribution in [2.45, 2.75) is 25.3 Å². The molecule has 3 rings (SSSR count). The molecule has 6 heteroatoms. The van der Waals surface area contributed by atoms with E-state index in [0.29, 0.717) is 11.3 Å². The van der Waals surface area contributed by atoms with Crippen LogP contribution in [-0.2, 0) is 16.1 Å². The molecule has 0 radical (unpaired) electrons. The molecule has 0 aliphatic rings. The van der Waals surface area contributed by atoms with Crippen LogP contribution < -0.4 is 5.56 Å². The van der Waals surface area contributed by atoms with Gasteiger partial charge in [-0.1, -0.05) is 24.3 Å². The van der Waals surface area contributed by atoms with Crippen molar-refractivity contribution in [1.82, 2.24) is 9.38 Å². The molecule has 0 unspecified atom stereocenters. The Balaban J connectivity index is 1.64. The first kappa shape index (κ1) is 17.2. The summed E-state index contributed by atoms with van der Waals surface area (Å²) in [6.07, 6.45) is 1.67. The zero-order chi connectivity index (χ0) is 17.8. The lowest BCUT2D eigenvalue weighted by atomic mass is 10.2. The van der Waals surface area contributed by atoms with Crippen LogP contribution in [0.4, 0.5) is 0 Å². The second kappa shape index (κ2) is 7.53. The normalized spacial score (nSPS) is 10.8. The molecule has 25 heavy (non-hydrogen) atoms. The van der Waals surface area contributed by atoms with Gasteiger partial charge in [-0.3, -0.25) is 14.0 Å². The number of hydrogen-bond acceptors (Lipinski definition) is 5. The minimum Gasteiger partial charge on any atom is -0.459 e. The van der Waals surface area contributed by atoms with E-state index in [2.05, 4.69) is 4.98 Å². The number of fused-ring (bicyclic) bond motifs is 1. The van der Waals surface area contributed by atoms with Gasteiger partial charge < -0.3 is 4.74 Å². The number of carbonyl (C=O) groups is 1. The van der Waals surface area contributed by atoms with Gasteiger partial charge in [0.1, 0.15) is 12.3 Å². The van der Waals surface area contributed by atoms with E-state index in [1.54, 1.807) is 12.3 Å². The van der Waals surface area contributed by atoms with Gasteiger partial charge in [-0.2, -0.15) is 0 Å². The highest BCUT2D eigenvalue weighted by Crippen LogP contribution is 2.21. The van der Waals surface area contributed by atoms with E-state index in [4.69, 9.17) is 4.74 Å². The second-order valence-corrected chi connectivity index (χ2v) is 6.70. The summed E-state index contributed by atoms with van der Waals surface area (Å²) in [7, 11) is 0. The Labute approximate surface area is 149 Å². The molecular weight excluding hydrogens is 336 g/mol. The molecule has 2 heterocycles. The maximum atomic E-state index is 12.1. The van der Waals surface area contributed by atoms with E-state index in [9.17, 15) is 9.59 Å². The quantitative estimate of drug-likeness (QED) is 0.520. The molecule has 3 aromatic rings. The van der Waals surface area contributed by atoms with Gasteiger partial charge in [-0.25, -0.2) is 4.98 Å². The van der Waals surface area contributed by atoms with Gasteiger partial charge in [0.05, 0.1) is 11.4 Å². The molecule has 0 fully saturated rings. The summed E-state index contributed by atoms with van der Waals surface area (Å²) >= 11 is 1.44. The summed E-state index contributed by atoms with van der Waals surface area (Å²) < 4.78 is 6.74. The number of pyridine rings is 1. The molecule has 0 saturated heterocycles. The molecule has 0 amide bonds. The monoisotopic (exact) mass is 354 g/mol. The van der Waals surface area contributed by atoms with Crippen LogP contribution in [0.25, 0.3) is 5.65 Å². The zero-order valence-corrected chi connectivity index (χ0v) is 14.9. The van der Waals surface area contributed by atoms with Crippen LogP contribution in [0.1, 0.15) is 16.8 Å². The van der Waals surface area contributed by atoms with E-state index in [1.807, 2.05) is 44.2 Å². The number of carbonyl (C=O) groups excluding carboxylic acids is 1. The molecule has 0 aliphatic heterocycles. The number of thioether (sulfide) groups is 1. The molecule has 0 spiro atoms. The molecule has 128 valence electrons. The summed E-state index contributed by atoms with van der Waals surface area (Å²) in [4.78, 5) is 29.6. The fourth-order valence-corrected chi connectivity index (χ4v) is 3.26. The molecule has 0 atom stereocenters. The predicted octanol–water partition coefficient (Wildman–Crippen LogP) is 3.15. The number of aromatic nitrogens is 2. The predicted molar refractivity (Wildman–Crippen MR) is 97.9 cm³/mol. The first-order valence-electron chi connectivity index (χ1n) is 7.86. The highest BCUT2D eigenvalue weighted by molar-refractivity contribution is 8.00. The molecule has 0 N–H and O–H groups in total. The minimum atomic E-state index is -0.333. The third-order valence-electron chi connectivity index (χ3n) is 3.76. The Morgan fingerprint density at radius 1 is 1.16 bits per heavy atom. The lowest BCUT2D eigenvalue weighted by molar-refractivity contribution is -0.141. The third kappa shape index (κ3) is 4.09. The topological polar surface area (TPSA) is 60.7 Å². The molecule has 2 aromatic heterocycles. The average molecular weight is 354 g/mol. The van der Waals surface area contributed by atoms with E-state index < -0.39 is 0 Å². The van der Waals surface area contributed by atoms with Crippen LogP contribution in [0.3, 0.4) is 0 Å². The smallest absolute Gasteiger partial charge is 0.316 e. The number of rotatable bonds is 5. The number of nitrogens with zero attached hydrogens (tertiary/aromatic N) is 2. The van der Waals surface area contributed by atoms with E-state index >= 15 is 0 Å². The molecule has 0 bridgehead atoms. The first-order valence-corrected chi connectivity index (χ1v) is 8.85. The van der Waals surface area contributed by atoms with Crippen molar-refractivity contribution < 1.29 is 9.53 Å². The van der Waals surface area contributed by atoms with Crippen LogP contribution in [0.2, 0.25) is 0 Å². The Morgan fingerprint density at radius 3 is 2.72 bits per heavy atom. The van der Waals surface area contributed by atoms with E-state index in [0.717, 1.165) is 16.0 Å². The van der Waals surface area contributed by atoms with Crippen molar-refractivity contribution in [1.29, 1.82) is 0 Å². The van der Waals surface area contributed by atoms with Gasteiger partial charge in [0.15, 0.2) is 0 Å². The molecular formula is C19H18N2O3S. The van der Waals surface area contributed by atoms with Gasteiger partial charge in [0.25, 0.3) is 5.56 Å². The summed E-state index contributed by atoms with van der Waals surface area (Å²) in [5, 5.41) is 0. The molecule has 1 aromatic carbocycles. The fourth-order valence-electron chi connectivity index (χ4n) is 2.43. The highest BCUT2D eigenvalue weighted by atomic mass is 32.2. The minimum absolute atomic E-state index is 0.00671. The Morgan fingerprint density at radius 2 is 1.92 bits per heavy atom. The summed E-state index contributed by atoms with van der Waals surface area (Å²) in [5.74, 6) is -0.115. The van der Waals surface area contributed by atoms with Crippen LogP contribution in [0.15, 0.2) is 58.4 Å². The Kier molecular flexibility index (Phi) is 5.19. The largest absolute Gasteiger partial charge is 0.459 e. The van der Waals surface area contributed by atoms with Gasteiger partial charge in [0.2, 0.25) is 0 Å². The van der Waals surface area contributed by atoms with E-state index in [1.165, 1.54) is 22.2 Å². The number of aryl methyl sites for hydroxylation is 2. The van der Waals surface area contributed by atoms with Crippen LogP contribution in [0, 0.1) is 13.8 Å². The average Bonchev–Trinajstić information content (AvgIpc) is 2.60. The third-order valence-corrected chi connectivity index (χ3v) is 4.91. The van der Waals surface area contributed by atoms with Gasteiger partial charge >= 0.3 is 5.97 Å². The summed E-state index contributed by atoms with van der Waals surface area (Å²) in [5.41, 5.74) is 2.86. The van der Waals surface area contributed by atoms with Crippen molar-refractivity contribution in [2.75, 3.05) is 5.75 Å².